The summed E-state index contributed by atoms with van der Waals surface area (Å²) in [6.07, 6.45) is -2.94. The first-order valence-electron chi connectivity index (χ1n) is 8.82. The van der Waals surface area contributed by atoms with Gasteiger partial charge in [-0.3, -0.25) is 19.1 Å². The Morgan fingerprint density at radius 2 is 2.03 bits per heavy atom. The van der Waals surface area contributed by atoms with Gasteiger partial charge in [0.1, 0.15) is 22.4 Å². The molecule has 156 valence electrons. The van der Waals surface area contributed by atoms with Crippen molar-refractivity contribution in [2.75, 3.05) is 11.9 Å². The number of alkyl halides is 3. The number of Topliss-reactive ketones (excluding diaryl/α,β-unsaturated/α-hetero) is 1. The molecule has 3 aromatic rings. The molecule has 0 fully saturated rings. The van der Waals surface area contributed by atoms with Crippen molar-refractivity contribution in [3.05, 3.63) is 52.1 Å². The largest absolute Gasteiger partial charge is 0.425 e. The number of hydrogen-bond donors (Lipinski definition) is 0. The second-order valence-electron chi connectivity index (χ2n) is 6.69. The first kappa shape index (κ1) is 20.1. The van der Waals surface area contributed by atoms with Crippen LogP contribution < -0.4 is 9.64 Å². The van der Waals surface area contributed by atoms with Crippen LogP contribution in [0.2, 0.25) is 0 Å². The van der Waals surface area contributed by atoms with Crippen LogP contribution in [0.4, 0.5) is 19.0 Å². The number of fused-ring (bicyclic) bond motifs is 1. The minimum absolute atomic E-state index is 0.0953. The number of benzene rings is 1. The number of halogens is 3. The van der Waals surface area contributed by atoms with Crippen LogP contribution in [0, 0.1) is 5.92 Å². The molecule has 11 heteroatoms. The predicted molar refractivity (Wildman–Crippen MR) is 102 cm³/mol. The Hall–Kier alpha value is -3.21. The number of ketones is 1. The number of nitrogens with zero attached hydrogens (tertiary/aromatic N) is 4. The Balaban J connectivity index is 1.81. The van der Waals surface area contributed by atoms with Crippen LogP contribution in [0.25, 0.3) is 0 Å². The van der Waals surface area contributed by atoms with Gasteiger partial charge in [-0.05, 0) is 25.1 Å². The van der Waals surface area contributed by atoms with E-state index in [2.05, 4.69) is 9.97 Å². The fourth-order valence-corrected chi connectivity index (χ4v) is 3.75. The van der Waals surface area contributed by atoms with Gasteiger partial charge in [0.25, 0.3) is 0 Å². The van der Waals surface area contributed by atoms with E-state index in [-0.39, 0.29) is 29.8 Å². The molecule has 0 saturated carbocycles. The zero-order valence-electron chi connectivity index (χ0n) is 15.8. The lowest BCUT2D eigenvalue weighted by atomic mass is 9.98. The van der Waals surface area contributed by atoms with E-state index in [1.165, 1.54) is 46.9 Å². The lowest BCUT2D eigenvalue weighted by Gasteiger charge is -2.25. The predicted octanol–water partition coefficient (Wildman–Crippen LogP) is 3.99. The highest BCUT2D eigenvalue weighted by Gasteiger charge is 2.40. The quantitative estimate of drug-likeness (QED) is 0.578. The molecule has 0 saturated heterocycles. The van der Waals surface area contributed by atoms with Gasteiger partial charge in [0.05, 0.1) is 12.1 Å². The molecule has 2 aromatic heterocycles. The average molecular weight is 436 g/mol. The molecule has 1 aliphatic rings. The van der Waals surface area contributed by atoms with Crippen molar-refractivity contribution in [2.24, 2.45) is 5.92 Å². The van der Waals surface area contributed by atoms with E-state index in [9.17, 15) is 22.8 Å². The van der Waals surface area contributed by atoms with Crippen LogP contribution >= 0.6 is 11.3 Å². The van der Waals surface area contributed by atoms with E-state index in [1.54, 1.807) is 11.6 Å². The monoisotopic (exact) mass is 436 g/mol. The van der Waals surface area contributed by atoms with Gasteiger partial charge in [0, 0.05) is 18.6 Å². The highest BCUT2D eigenvalue weighted by atomic mass is 32.1. The number of thiazole rings is 1. The summed E-state index contributed by atoms with van der Waals surface area (Å²) in [6, 6.07) is 4.25. The van der Waals surface area contributed by atoms with Crippen molar-refractivity contribution < 1.29 is 27.5 Å². The average Bonchev–Trinajstić information content (AvgIpc) is 3.33. The van der Waals surface area contributed by atoms with Gasteiger partial charge in [0.15, 0.2) is 11.6 Å². The molecule has 1 atom stereocenters. The Labute approximate surface area is 172 Å². The zero-order valence-corrected chi connectivity index (χ0v) is 16.6. The Kier molecular flexibility index (Phi) is 4.85. The van der Waals surface area contributed by atoms with Crippen LogP contribution in [0.15, 0.2) is 35.8 Å². The third-order valence-corrected chi connectivity index (χ3v) is 5.47. The second-order valence-corrected chi connectivity index (χ2v) is 7.67. The number of amides is 1. The van der Waals surface area contributed by atoms with Crippen LogP contribution in [-0.2, 0) is 17.5 Å². The van der Waals surface area contributed by atoms with Crippen molar-refractivity contribution >= 4 is 28.8 Å². The maximum absolute atomic E-state index is 13.0. The van der Waals surface area contributed by atoms with Gasteiger partial charge in [-0.25, -0.2) is 4.98 Å². The van der Waals surface area contributed by atoms with Crippen molar-refractivity contribution in [1.82, 2.24) is 14.5 Å². The van der Waals surface area contributed by atoms with E-state index in [0.717, 1.165) is 12.1 Å². The van der Waals surface area contributed by atoms with Gasteiger partial charge in [-0.15, -0.1) is 11.3 Å². The molecular formula is C19H15F3N4O3S. The van der Waals surface area contributed by atoms with Gasteiger partial charge >= 0.3 is 12.2 Å². The third kappa shape index (κ3) is 3.45. The molecule has 1 aliphatic heterocycles. The molecule has 0 radical (unpaired) electrons. The van der Waals surface area contributed by atoms with E-state index >= 15 is 0 Å². The summed E-state index contributed by atoms with van der Waals surface area (Å²) in [7, 11) is 1.49. The Morgan fingerprint density at radius 1 is 1.27 bits per heavy atom. The minimum Gasteiger partial charge on any atom is -0.425 e. The van der Waals surface area contributed by atoms with Gasteiger partial charge in [-0.2, -0.15) is 18.2 Å². The molecule has 0 spiro atoms. The molecule has 7 nitrogen and oxygen atoms in total. The summed E-state index contributed by atoms with van der Waals surface area (Å²) >= 11 is 1.34. The summed E-state index contributed by atoms with van der Waals surface area (Å²) in [5.74, 6) is -1.76. The van der Waals surface area contributed by atoms with E-state index in [4.69, 9.17) is 4.74 Å². The molecule has 30 heavy (non-hydrogen) atoms. The molecule has 1 aromatic carbocycles. The Bertz CT molecular complexity index is 1120. The first-order valence-corrected chi connectivity index (χ1v) is 9.70. The lowest BCUT2D eigenvalue weighted by molar-refractivity contribution is -0.137. The van der Waals surface area contributed by atoms with E-state index in [0.29, 0.717) is 5.01 Å². The summed E-state index contributed by atoms with van der Waals surface area (Å²) in [6.45, 7) is 1.62. The number of carbonyl (C=O) groups excluding carboxylic acids is 2. The maximum atomic E-state index is 13.0. The molecule has 0 bridgehead atoms. The summed E-state index contributed by atoms with van der Waals surface area (Å²) in [5, 5.41) is 2.40. The number of hydrogen-bond acceptors (Lipinski definition) is 6. The fraction of sp³-hybridized carbons (Fsp3) is 0.263. The van der Waals surface area contributed by atoms with Gasteiger partial charge in [-0.1, -0.05) is 6.07 Å². The van der Waals surface area contributed by atoms with Crippen molar-refractivity contribution in [3.8, 4) is 11.8 Å². The molecule has 0 N–H and O–H groups in total. The molecular weight excluding hydrogens is 421 g/mol. The molecule has 1 unspecified atom stereocenters. The van der Waals surface area contributed by atoms with E-state index < -0.39 is 29.3 Å². The van der Waals surface area contributed by atoms with Crippen LogP contribution in [0.3, 0.4) is 0 Å². The summed E-state index contributed by atoms with van der Waals surface area (Å²) < 4.78 is 46.2. The van der Waals surface area contributed by atoms with Crippen molar-refractivity contribution in [3.63, 3.8) is 0 Å². The highest BCUT2D eigenvalue weighted by Crippen LogP contribution is 2.37. The third-order valence-electron chi connectivity index (χ3n) is 4.71. The fourth-order valence-electron chi connectivity index (χ4n) is 3.14. The van der Waals surface area contributed by atoms with Crippen LogP contribution in [0.5, 0.6) is 11.8 Å². The summed E-state index contributed by atoms with van der Waals surface area (Å²) in [5.41, 5.74) is -0.721. The van der Waals surface area contributed by atoms with Crippen molar-refractivity contribution in [2.45, 2.75) is 19.6 Å². The Morgan fingerprint density at radius 3 is 2.70 bits per heavy atom. The standard InChI is InChI=1S/C19H15F3N4O3S/c1-10-15(27)14-16(25(2)17(10)28)24-18(26(14)9-13-23-6-7-30-13)29-12-5-3-4-11(8-12)19(20,21)22/h3-8,10H,9H2,1-2H3. The number of anilines is 1. The SMILES string of the molecule is CC1C(=O)c2c(nc(Oc3cccc(C(F)(F)F)c3)n2Cc2nccs2)N(C)C1=O. The summed E-state index contributed by atoms with van der Waals surface area (Å²) in [4.78, 5) is 34.9. The topological polar surface area (TPSA) is 77.3 Å². The van der Waals surface area contributed by atoms with Gasteiger partial charge in [0.2, 0.25) is 5.91 Å². The lowest BCUT2D eigenvalue weighted by Crippen LogP contribution is -2.41. The number of imidazole rings is 1. The first-order chi connectivity index (χ1) is 14.2. The van der Waals surface area contributed by atoms with Crippen LogP contribution in [-0.4, -0.2) is 33.3 Å². The maximum Gasteiger partial charge on any atom is 0.416 e. The molecule has 4 rings (SSSR count). The number of aromatic nitrogens is 3. The van der Waals surface area contributed by atoms with E-state index in [1.807, 2.05) is 0 Å². The molecule has 0 aliphatic carbocycles. The minimum atomic E-state index is -4.53. The molecule has 1 amide bonds. The number of carbonyl (C=O) groups is 2. The second kappa shape index (κ2) is 7.24. The number of rotatable bonds is 4. The normalized spacial score (nSPS) is 16.7. The van der Waals surface area contributed by atoms with Gasteiger partial charge < -0.3 is 4.74 Å². The smallest absolute Gasteiger partial charge is 0.416 e. The van der Waals surface area contributed by atoms with Crippen LogP contribution in [0.1, 0.15) is 28.0 Å². The number of ether oxygens (including phenoxy) is 1. The zero-order chi connectivity index (χ0) is 21.6. The highest BCUT2D eigenvalue weighted by molar-refractivity contribution is 7.09. The molecule has 3 heterocycles. The van der Waals surface area contributed by atoms with Crippen molar-refractivity contribution in [1.29, 1.82) is 0 Å².